The van der Waals surface area contributed by atoms with Crippen molar-refractivity contribution in [1.29, 1.82) is 0 Å². The molecule has 1 aromatic carbocycles. The molecule has 0 aliphatic carbocycles. The first-order valence-electron chi connectivity index (χ1n) is 6.09. The van der Waals surface area contributed by atoms with Crippen molar-refractivity contribution >= 4 is 0 Å². The van der Waals surface area contributed by atoms with Crippen LogP contribution in [0, 0.1) is 5.82 Å². The molecule has 0 heterocycles. The topological polar surface area (TPSA) is 24.5 Å². The van der Waals surface area contributed by atoms with Gasteiger partial charge in [-0.25, -0.2) is 4.39 Å². The van der Waals surface area contributed by atoms with Crippen LogP contribution in [-0.4, -0.2) is 38.2 Å². The molecule has 0 spiro atoms. The molecule has 0 aromatic heterocycles. The first-order chi connectivity index (χ1) is 8.40. The highest BCUT2D eigenvalue weighted by atomic mass is 19.1. The minimum absolute atomic E-state index is 0.0190. The van der Waals surface area contributed by atoms with Gasteiger partial charge in [-0.1, -0.05) is 6.07 Å². The van der Waals surface area contributed by atoms with Crippen LogP contribution in [0.2, 0.25) is 0 Å². The Morgan fingerprint density at radius 3 is 2.56 bits per heavy atom. The van der Waals surface area contributed by atoms with Crippen molar-refractivity contribution in [3.63, 3.8) is 0 Å². The number of nitrogens with one attached hydrogen (secondary N) is 1. The first-order valence-corrected chi connectivity index (χ1v) is 6.09. The summed E-state index contributed by atoms with van der Waals surface area (Å²) in [6.45, 7) is 5.89. The van der Waals surface area contributed by atoms with E-state index in [9.17, 15) is 4.39 Å². The largest absolute Gasteiger partial charge is 0.494 e. The number of likely N-dealkylation sites (N-methyl/N-ethyl adjacent to an activating group) is 2. The molecular formula is C14H23FN2O. The highest BCUT2D eigenvalue weighted by molar-refractivity contribution is 5.29. The van der Waals surface area contributed by atoms with E-state index in [1.807, 2.05) is 20.2 Å². The summed E-state index contributed by atoms with van der Waals surface area (Å²) in [5, 5.41) is 3.17. The Hall–Kier alpha value is -1.13. The van der Waals surface area contributed by atoms with E-state index >= 15 is 0 Å². The van der Waals surface area contributed by atoms with Crippen molar-refractivity contribution < 1.29 is 9.13 Å². The maximum Gasteiger partial charge on any atom is 0.165 e. The molecule has 0 radical (unpaired) electrons. The smallest absolute Gasteiger partial charge is 0.165 e. The molecule has 0 bridgehead atoms. The quantitative estimate of drug-likeness (QED) is 0.843. The third-order valence-corrected chi connectivity index (χ3v) is 3.28. The van der Waals surface area contributed by atoms with E-state index < -0.39 is 0 Å². The van der Waals surface area contributed by atoms with Gasteiger partial charge in [-0.2, -0.15) is 0 Å². The zero-order chi connectivity index (χ0) is 13.8. The van der Waals surface area contributed by atoms with E-state index in [1.54, 1.807) is 6.07 Å². The van der Waals surface area contributed by atoms with Crippen molar-refractivity contribution in [3.8, 4) is 5.75 Å². The van der Waals surface area contributed by atoms with Gasteiger partial charge in [0.1, 0.15) is 0 Å². The van der Waals surface area contributed by atoms with Crippen molar-refractivity contribution in [2.45, 2.75) is 25.9 Å². The van der Waals surface area contributed by atoms with Crippen LogP contribution in [0.3, 0.4) is 0 Å². The van der Waals surface area contributed by atoms with E-state index in [0.29, 0.717) is 6.54 Å². The Morgan fingerprint density at radius 1 is 1.39 bits per heavy atom. The molecule has 0 amide bonds. The monoisotopic (exact) mass is 254 g/mol. The summed E-state index contributed by atoms with van der Waals surface area (Å²) in [6, 6.07) is 5.10. The minimum Gasteiger partial charge on any atom is -0.494 e. The summed E-state index contributed by atoms with van der Waals surface area (Å²) in [5.74, 6) is -0.0225. The predicted molar refractivity (Wildman–Crippen MR) is 72.4 cm³/mol. The van der Waals surface area contributed by atoms with Crippen LogP contribution in [0.4, 0.5) is 4.39 Å². The average molecular weight is 254 g/mol. The molecule has 1 rings (SSSR count). The lowest BCUT2D eigenvalue weighted by Crippen LogP contribution is -2.47. The van der Waals surface area contributed by atoms with Gasteiger partial charge in [0.25, 0.3) is 0 Å². The summed E-state index contributed by atoms with van der Waals surface area (Å²) in [5.41, 5.74) is 0.963. The predicted octanol–water partition coefficient (Wildman–Crippen LogP) is 2.26. The fourth-order valence-electron chi connectivity index (χ4n) is 1.86. The molecule has 4 heteroatoms. The van der Waals surface area contributed by atoms with Gasteiger partial charge in [-0.3, -0.25) is 4.90 Å². The molecule has 0 aliphatic heterocycles. The molecule has 0 saturated heterocycles. The second-order valence-corrected chi connectivity index (χ2v) is 5.17. The number of methoxy groups -OCH3 is 1. The second kappa shape index (κ2) is 6.16. The zero-order valence-corrected chi connectivity index (χ0v) is 11.9. The first kappa shape index (κ1) is 14.9. The number of rotatable bonds is 6. The van der Waals surface area contributed by atoms with E-state index in [0.717, 1.165) is 12.1 Å². The number of benzene rings is 1. The highest BCUT2D eigenvalue weighted by Gasteiger charge is 2.22. The van der Waals surface area contributed by atoms with Gasteiger partial charge >= 0.3 is 0 Å². The Balaban J connectivity index is 2.76. The van der Waals surface area contributed by atoms with E-state index in [1.165, 1.54) is 13.2 Å². The summed E-state index contributed by atoms with van der Waals surface area (Å²) < 4.78 is 18.5. The molecule has 0 unspecified atom stereocenters. The lowest BCUT2D eigenvalue weighted by molar-refractivity contribution is 0.147. The molecule has 102 valence electrons. The van der Waals surface area contributed by atoms with Crippen LogP contribution in [-0.2, 0) is 6.54 Å². The summed E-state index contributed by atoms with van der Waals surface area (Å²) in [4.78, 5) is 2.20. The number of nitrogens with zero attached hydrogens (tertiary/aromatic N) is 1. The Kier molecular flexibility index (Phi) is 5.11. The highest BCUT2D eigenvalue weighted by Crippen LogP contribution is 2.20. The molecule has 1 aromatic rings. The summed E-state index contributed by atoms with van der Waals surface area (Å²) >= 11 is 0. The zero-order valence-electron chi connectivity index (χ0n) is 11.9. The van der Waals surface area contributed by atoms with Gasteiger partial charge in [0.05, 0.1) is 7.11 Å². The van der Waals surface area contributed by atoms with Gasteiger partial charge in [0, 0.05) is 18.6 Å². The Bertz CT molecular complexity index is 393. The fourth-order valence-corrected chi connectivity index (χ4v) is 1.86. The number of hydrogen-bond donors (Lipinski definition) is 1. The number of hydrogen-bond acceptors (Lipinski definition) is 3. The number of ether oxygens (including phenoxy) is 1. The van der Waals surface area contributed by atoms with Crippen LogP contribution < -0.4 is 10.1 Å². The summed E-state index contributed by atoms with van der Waals surface area (Å²) in [7, 11) is 5.45. The van der Waals surface area contributed by atoms with Gasteiger partial charge in [0.15, 0.2) is 11.6 Å². The Morgan fingerprint density at radius 2 is 2.06 bits per heavy atom. The van der Waals surface area contributed by atoms with E-state index in [4.69, 9.17) is 4.74 Å². The van der Waals surface area contributed by atoms with Gasteiger partial charge in [0.2, 0.25) is 0 Å². The molecule has 18 heavy (non-hydrogen) atoms. The molecule has 0 fully saturated rings. The van der Waals surface area contributed by atoms with Crippen molar-refractivity contribution in [2.75, 3.05) is 27.7 Å². The normalized spacial score (nSPS) is 11.9. The lowest BCUT2D eigenvalue weighted by atomic mass is 10.0. The average Bonchev–Trinajstić information content (AvgIpc) is 2.29. The second-order valence-electron chi connectivity index (χ2n) is 5.17. The van der Waals surface area contributed by atoms with E-state index in [2.05, 4.69) is 24.1 Å². The van der Waals surface area contributed by atoms with Crippen molar-refractivity contribution in [3.05, 3.63) is 29.6 Å². The van der Waals surface area contributed by atoms with Crippen LogP contribution in [0.5, 0.6) is 5.75 Å². The SMILES string of the molecule is CNCC(C)(C)N(C)Cc1ccc(OC)c(F)c1. The number of halogens is 1. The minimum atomic E-state index is -0.310. The third kappa shape index (κ3) is 3.68. The van der Waals surface area contributed by atoms with Crippen molar-refractivity contribution in [2.24, 2.45) is 0 Å². The molecule has 0 atom stereocenters. The van der Waals surface area contributed by atoms with Crippen LogP contribution in [0.1, 0.15) is 19.4 Å². The molecule has 0 aliphatic rings. The fraction of sp³-hybridized carbons (Fsp3) is 0.571. The Labute approximate surface area is 109 Å². The maximum atomic E-state index is 13.6. The lowest BCUT2D eigenvalue weighted by Gasteiger charge is -2.35. The van der Waals surface area contributed by atoms with Crippen molar-refractivity contribution in [1.82, 2.24) is 10.2 Å². The maximum absolute atomic E-state index is 13.6. The van der Waals surface area contributed by atoms with Gasteiger partial charge < -0.3 is 10.1 Å². The standard InChI is InChI=1S/C14H23FN2O/c1-14(2,10-16-3)17(4)9-11-6-7-13(18-5)12(15)8-11/h6-8,16H,9-10H2,1-5H3. The van der Waals surface area contributed by atoms with Crippen LogP contribution >= 0.6 is 0 Å². The molecule has 1 N–H and O–H groups in total. The van der Waals surface area contributed by atoms with E-state index in [-0.39, 0.29) is 17.1 Å². The van der Waals surface area contributed by atoms with Gasteiger partial charge in [-0.05, 0) is 45.6 Å². The molecule has 3 nitrogen and oxygen atoms in total. The third-order valence-electron chi connectivity index (χ3n) is 3.28. The summed E-state index contributed by atoms with van der Waals surface area (Å²) in [6.07, 6.45) is 0. The van der Waals surface area contributed by atoms with Gasteiger partial charge in [-0.15, -0.1) is 0 Å². The molecular weight excluding hydrogens is 231 g/mol. The molecule has 0 saturated carbocycles. The van der Waals surface area contributed by atoms with Crippen LogP contribution in [0.25, 0.3) is 0 Å². The van der Waals surface area contributed by atoms with Crippen LogP contribution in [0.15, 0.2) is 18.2 Å².